The third-order valence-corrected chi connectivity index (χ3v) is 4.64. The molecule has 8 nitrogen and oxygen atoms in total. The zero-order valence-corrected chi connectivity index (χ0v) is 16.0. The maximum Gasteiger partial charge on any atom is 0.275 e. The maximum atomic E-state index is 14.2. The summed E-state index contributed by atoms with van der Waals surface area (Å²) in [6, 6.07) is 1.95. The van der Waals surface area contributed by atoms with Crippen LogP contribution in [0.4, 0.5) is 15.9 Å². The van der Waals surface area contributed by atoms with Crippen molar-refractivity contribution in [3.8, 4) is 0 Å². The lowest BCUT2D eigenvalue weighted by Gasteiger charge is -2.36. The number of carbonyl (C=O) groups is 1. The van der Waals surface area contributed by atoms with E-state index in [1.165, 1.54) is 12.3 Å². The van der Waals surface area contributed by atoms with Crippen molar-refractivity contribution in [2.45, 2.75) is 32.9 Å². The van der Waals surface area contributed by atoms with Crippen molar-refractivity contribution in [3.63, 3.8) is 0 Å². The van der Waals surface area contributed by atoms with Gasteiger partial charge in [-0.15, -0.1) is 0 Å². The third-order valence-electron chi connectivity index (χ3n) is 4.64. The quantitative estimate of drug-likeness (QED) is 0.720. The monoisotopic (exact) mass is 383 g/mol. The zero-order chi connectivity index (χ0) is 19.8. The van der Waals surface area contributed by atoms with Crippen molar-refractivity contribution in [2.24, 2.45) is 0 Å². The van der Waals surface area contributed by atoms with Crippen molar-refractivity contribution >= 4 is 23.1 Å². The number of pyridine rings is 1. The molecular weight excluding hydrogens is 361 g/mol. The van der Waals surface area contributed by atoms with Crippen LogP contribution in [-0.2, 0) is 0 Å². The number of nitrogens with one attached hydrogen (secondary N) is 2. The Bertz CT molecular complexity index is 1010. The third kappa shape index (κ3) is 3.65. The second-order valence-electron chi connectivity index (χ2n) is 7.28. The molecule has 1 aliphatic heterocycles. The van der Waals surface area contributed by atoms with Crippen molar-refractivity contribution in [1.29, 1.82) is 0 Å². The largest absolute Gasteiger partial charge is 0.352 e. The summed E-state index contributed by atoms with van der Waals surface area (Å²) in [5.74, 6) is -0.218. The number of hydrogen-bond donors (Lipinski definition) is 2. The van der Waals surface area contributed by atoms with Crippen LogP contribution < -0.4 is 15.5 Å². The summed E-state index contributed by atoms with van der Waals surface area (Å²) in [7, 11) is 0. The normalized spacial score (nSPS) is 19.8. The van der Waals surface area contributed by atoms with E-state index in [-0.39, 0.29) is 11.3 Å². The van der Waals surface area contributed by atoms with Gasteiger partial charge in [-0.2, -0.15) is 0 Å². The van der Waals surface area contributed by atoms with Gasteiger partial charge in [-0.1, -0.05) is 0 Å². The lowest BCUT2D eigenvalue weighted by Crippen LogP contribution is -2.54. The number of aryl methyl sites for hydroxylation is 1. The SMILES string of the molecule is Cc1cn2cc(NC(=O)c3cnc(N4CC(C)NC(C)C4)cn3)cc(F)c2n1. The van der Waals surface area contributed by atoms with E-state index < -0.39 is 11.7 Å². The van der Waals surface area contributed by atoms with Gasteiger partial charge in [-0.05, 0) is 20.8 Å². The molecule has 3 aromatic heterocycles. The summed E-state index contributed by atoms with van der Waals surface area (Å²) in [5.41, 5.74) is 1.41. The highest BCUT2D eigenvalue weighted by molar-refractivity contribution is 6.02. The Labute approximate surface area is 161 Å². The van der Waals surface area contributed by atoms with Gasteiger partial charge in [0.25, 0.3) is 5.91 Å². The number of anilines is 2. The molecule has 2 N–H and O–H groups in total. The van der Waals surface area contributed by atoms with Crippen molar-refractivity contribution < 1.29 is 9.18 Å². The van der Waals surface area contributed by atoms with Crippen LogP contribution in [0.5, 0.6) is 0 Å². The molecule has 2 atom stereocenters. The molecule has 1 aliphatic rings. The van der Waals surface area contributed by atoms with Crippen LogP contribution in [0.25, 0.3) is 5.65 Å². The van der Waals surface area contributed by atoms with Crippen LogP contribution in [0.1, 0.15) is 30.0 Å². The van der Waals surface area contributed by atoms with Crippen LogP contribution in [-0.4, -0.2) is 50.4 Å². The van der Waals surface area contributed by atoms with Crippen molar-refractivity contribution in [3.05, 3.63) is 48.1 Å². The van der Waals surface area contributed by atoms with E-state index in [9.17, 15) is 9.18 Å². The van der Waals surface area contributed by atoms with Gasteiger partial charge in [0.1, 0.15) is 11.5 Å². The highest BCUT2D eigenvalue weighted by atomic mass is 19.1. The first-order chi connectivity index (χ1) is 13.4. The van der Waals surface area contributed by atoms with Crippen molar-refractivity contribution in [1.82, 2.24) is 24.7 Å². The molecule has 9 heteroatoms. The Morgan fingerprint density at radius 2 is 1.96 bits per heavy atom. The predicted octanol–water partition coefficient (Wildman–Crippen LogP) is 2.01. The highest BCUT2D eigenvalue weighted by Gasteiger charge is 2.22. The Morgan fingerprint density at radius 3 is 2.64 bits per heavy atom. The number of carbonyl (C=O) groups excluding carboxylic acids is 1. The number of aromatic nitrogens is 4. The van der Waals surface area contributed by atoms with Gasteiger partial charge in [0.15, 0.2) is 11.5 Å². The van der Waals surface area contributed by atoms with E-state index in [2.05, 4.69) is 44.3 Å². The average molecular weight is 383 g/mol. The van der Waals surface area contributed by atoms with Crippen molar-refractivity contribution in [2.75, 3.05) is 23.3 Å². The van der Waals surface area contributed by atoms with Crippen LogP contribution in [0.15, 0.2) is 30.9 Å². The van der Waals surface area contributed by atoms with Gasteiger partial charge in [0.2, 0.25) is 0 Å². The molecule has 0 bridgehead atoms. The minimum absolute atomic E-state index is 0.169. The van der Waals surface area contributed by atoms with Gasteiger partial charge < -0.3 is 19.9 Å². The molecule has 0 aliphatic carbocycles. The summed E-state index contributed by atoms with van der Waals surface area (Å²) in [6.45, 7) is 7.68. The zero-order valence-electron chi connectivity index (χ0n) is 16.0. The second kappa shape index (κ2) is 7.16. The number of halogens is 1. The molecule has 0 saturated carbocycles. The molecule has 1 fully saturated rings. The average Bonchev–Trinajstić information content (AvgIpc) is 3.02. The first kappa shape index (κ1) is 18.3. The standard InChI is InChI=1S/C19H22FN7O/c1-11-7-26(8-12(2)23-11)17-6-21-16(5-22-17)19(28)25-14-4-15(20)18-24-13(3)9-27(18)10-14/h4-6,9-12,23H,7-8H2,1-3H3,(H,25,28). The van der Waals surface area contributed by atoms with Crippen LogP contribution in [0, 0.1) is 12.7 Å². The Balaban J connectivity index is 1.49. The van der Waals surface area contributed by atoms with E-state index in [4.69, 9.17) is 0 Å². The Hall–Kier alpha value is -3.07. The molecule has 146 valence electrons. The molecule has 3 aromatic rings. The van der Waals surface area contributed by atoms with Crippen LogP contribution in [0.3, 0.4) is 0 Å². The van der Waals surface area contributed by atoms with Crippen LogP contribution in [0.2, 0.25) is 0 Å². The Kier molecular flexibility index (Phi) is 4.68. The smallest absolute Gasteiger partial charge is 0.275 e. The number of amides is 1. The summed E-state index contributed by atoms with van der Waals surface area (Å²) in [5, 5.41) is 6.12. The number of rotatable bonds is 3. The van der Waals surface area contributed by atoms with E-state index in [1.807, 2.05) is 0 Å². The fourth-order valence-electron chi connectivity index (χ4n) is 3.56. The first-order valence-electron chi connectivity index (χ1n) is 9.18. The lowest BCUT2D eigenvalue weighted by molar-refractivity contribution is 0.102. The number of imidazole rings is 1. The fourth-order valence-corrected chi connectivity index (χ4v) is 3.56. The van der Waals surface area contributed by atoms with Gasteiger partial charge in [0.05, 0.1) is 23.8 Å². The molecule has 2 unspecified atom stereocenters. The van der Waals surface area contributed by atoms with E-state index in [0.29, 0.717) is 23.5 Å². The molecule has 0 spiro atoms. The van der Waals surface area contributed by atoms with Gasteiger partial charge in [-0.3, -0.25) is 4.79 Å². The minimum Gasteiger partial charge on any atom is -0.352 e. The molecule has 0 radical (unpaired) electrons. The van der Waals surface area contributed by atoms with Gasteiger partial charge in [-0.25, -0.2) is 19.3 Å². The van der Waals surface area contributed by atoms with E-state index >= 15 is 0 Å². The number of fused-ring (bicyclic) bond motifs is 1. The summed E-state index contributed by atoms with van der Waals surface area (Å²) in [6.07, 6.45) is 6.35. The Morgan fingerprint density at radius 1 is 1.21 bits per heavy atom. The molecule has 4 rings (SSSR count). The first-order valence-corrected chi connectivity index (χ1v) is 9.18. The molecule has 0 aromatic carbocycles. The molecular formula is C19H22FN7O. The van der Waals surface area contributed by atoms with Crippen LogP contribution >= 0.6 is 0 Å². The topological polar surface area (TPSA) is 87.5 Å². The van der Waals surface area contributed by atoms with E-state index in [1.54, 1.807) is 29.9 Å². The molecule has 28 heavy (non-hydrogen) atoms. The highest BCUT2D eigenvalue weighted by Crippen LogP contribution is 2.17. The lowest BCUT2D eigenvalue weighted by atomic mass is 10.1. The molecule has 1 saturated heterocycles. The summed E-state index contributed by atoms with van der Waals surface area (Å²) >= 11 is 0. The predicted molar refractivity (Wildman–Crippen MR) is 104 cm³/mol. The molecule has 1 amide bonds. The van der Waals surface area contributed by atoms with Gasteiger partial charge in [0, 0.05) is 43.6 Å². The second-order valence-corrected chi connectivity index (χ2v) is 7.28. The number of piperazine rings is 1. The summed E-state index contributed by atoms with van der Waals surface area (Å²) < 4.78 is 15.7. The number of hydrogen-bond acceptors (Lipinski definition) is 6. The maximum absolute atomic E-state index is 14.2. The summed E-state index contributed by atoms with van der Waals surface area (Å²) in [4.78, 5) is 27.3. The van der Waals surface area contributed by atoms with E-state index in [0.717, 1.165) is 18.9 Å². The van der Waals surface area contributed by atoms with Gasteiger partial charge >= 0.3 is 0 Å². The minimum atomic E-state index is -0.505. The molecule has 4 heterocycles. The number of nitrogens with zero attached hydrogens (tertiary/aromatic N) is 5. The fraction of sp³-hybridized carbons (Fsp3) is 0.368.